The molecule has 4 heteroatoms. The van der Waals surface area contributed by atoms with Crippen molar-refractivity contribution in [1.82, 2.24) is 14.7 Å². The van der Waals surface area contributed by atoms with Crippen molar-refractivity contribution >= 4 is 0 Å². The maximum Gasteiger partial charge on any atom is 0.124 e. The van der Waals surface area contributed by atoms with E-state index in [1.165, 1.54) is 11.1 Å². The fraction of sp³-hybridized carbons (Fsp3) is 0.471. The van der Waals surface area contributed by atoms with Crippen molar-refractivity contribution in [2.24, 2.45) is 0 Å². The van der Waals surface area contributed by atoms with Crippen LogP contribution in [0.25, 0.3) is 0 Å². The molecule has 2 aromatic rings. The number of ether oxygens (including phenoxy) is 1. The van der Waals surface area contributed by atoms with Crippen molar-refractivity contribution in [1.29, 1.82) is 0 Å². The minimum atomic E-state index is -0.174. The lowest BCUT2D eigenvalue weighted by Gasteiger charge is -2.29. The summed E-state index contributed by atoms with van der Waals surface area (Å²) < 4.78 is 8.18. The molecule has 0 amide bonds. The van der Waals surface area contributed by atoms with E-state index < -0.39 is 0 Å². The van der Waals surface area contributed by atoms with Crippen molar-refractivity contribution in [3.8, 4) is 5.75 Å². The molecule has 0 saturated carbocycles. The number of benzene rings is 1. The Morgan fingerprint density at radius 3 is 2.81 bits per heavy atom. The summed E-state index contributed by atoms with van der Waals surface area (Å²) in [6, 6.07) is 8.34. The highest BCUT2D eigenvalue weighted by Gasteiger charge is 2.28. The molecule has 4 nitrogen and oxygen atoms in total. The number of para-hydroxylation sites is 1. The Kier molecular flexibility index (Phi) is 3.72. The van der Waals surface area contributed by atoms with Crippen LogP contribution < -0.4 is 4.74 Å². The minimum absolute atomic E-state index is 0.174. The van der Waals surface area contributed by atoms with Crippen LogP contribution in [0.2, 0.25) is 0 Å². The molecular formula is C17H23N3O. The number of aromatic nitrogens is 2. The van der Waals surface area contributed by atoms with Crippen molar-refractivity contribution in [3.63, 3.8) is 0 Å². The van der Waals surface area contributed by atoms with Crippen LogP contribution in [0.3, 0.4) is 0 Å². The van der Waals surface area contributed by atoms with Gasteiger partial charge in [-0.25, -0.2) is 0 Å². The van der Waals surface area contributed by atoms with Gasteiger partial charge in [0, 0.05) is 31.4 Å². The Labute approximate surface area is 126 Å². The van der Waals surface area contributed by atoms with Crippen molar-refractivity contribution < 1.29 is 4.74 Å². The summed E-state index contributed by atoms with van der Waals surface area (Å²) in [6.45, 7) is 10.1. The van der Waals surface area contributed by atoms with E-state index in [1.54, 1.807) is 0 Å². The number of rotatable bonds is 3. The van der Waals surface area contributed by atoms with Gasteiger partial charge in [0.2, 0.25) is 0 Å². The van der Waals surface area contributed by atoms with Gasteiger partial charge in [-0.3, -0.25) is 9.58 Å². The molecule has 1 aliphatic heterocycles. The number of aryl methyl sites for hydroxylation is 1. The van der Waals surface area contributed by atoms with Gasteiger partial charge in [0.1, 0.15) is 11.4 Å². The van der Waals surface area contributed by atoms with Crippen LogP contribution in [-0.2, 0) is 13.1 Å². The molecule has 21 heavy (non-hydrogen) atoms. The highest BCUT2D eigenvalue weighted by atomic mass is 16.5. The first-order valence-electron chi connectivity index (χ1n) is 7.50. The molecule has 0 aliphatic carbocycles. The zero-order valence-electron chi connectivity index (χ0n) is 13.0. The summed E-state index contributed by atoms with van der Waals surface area (Å²) in [4.78, 5) is 2.45. The molecule has 2 heterocycles. The quantitative estimate of drug-likeness (QED) is 0.868. The molecule has 1 aromatic carbocycles. The third-order valence-electron chi connectivity index (χ3n) is 3.76. The van der Waals surface area contributed by atoms with Gasteiger partial charge < -0.3 is 4.74 Å². The van der Waals surface area contributed by atoms with Gasteiger partial charge in [-0.1, -0.05) is 18.2 Å². The first-order valence-corrected chi connectivity index (χ1v) is 7.50. The average Bonchev–Trinajstić information content (AvgIpc) is 2.77. The molecule has 1 aliphatic rings. The molecule has 0 atom stereocenters. The molecule has 0 fully saturated rings. The van der Waals surface area contributed by atoms with Gasteiger partial charge in [-0.2, -0.15) is 5.10 Å². The number of fused-ring (bicyclic) bond motifs is 1. The third kappa shape index (κ3) is 3.45. The predicted molar refractivity (Wildman–Crippen MR) is 83.4 cm³/mol. The van der Waals surface area contributed by atoms with Crippen LogP contribution >= 0.6 is 0 Å². The van der Waals surface area contributed by atoms with E-state index in [0.717, 1.165) is 31.9 Å². The lowest BCUT2D eigenvalue weighted by atomic mass is 10.1. The van der Waals surface area contributed by atoms with Crippen molar-refractivity contribution in [2.75, 3.05) is 13.1 Å². The Balaban J connectivity index is 1.73. The van der Waals surface area contributed by atoms with Crippen molar-refractivity contribution in [3.05, 3.63) is 47.8 Å². The first kappa shape index (κ1) is 14.1. The van der Waals surface area contributed by atoms with Crippen LogP contribution in [0.1, 0.15) is 25.0 Å². The Bertz CT molecular complexity index is 618. The molecular weight excluding hydrogens is 262 g/mol. The molecule has 0 spiro atoms. The van der Waals surface area contributed by atoms with Crippen molar-refractivity contribution in [2.45, 2.75) is 39.5 Å². The monoisotopic (exact) mass is 285 g/mol. The molecule has 112 valence electrons. The van der Waals surface area contributed by atoms with Gasteiger partial charge in [-0.05, 0) is 32.4 Å². The molecule has 3 rings (SSSR count). The minimum Gasteiger partial charge on any atom is -0.486 e. The van der Waals surface area contributed by atoms with Crippen LogP contribution in [0.15, 0.2) is 36.7 Å². The fourth-order valence-electron chi connectivity index (χ4n) is 2.89. The van der Waals surface area contributed by atoms with E-state index in [2.05, 4.69) is 55.2 Å². The largest absolute Gasteiger partial charge is 0.486 e. The second-order valence-electron chi connectivity index (χ2n) is 6.46. The average molecular weight is 285 g/mol. The fourth-order valence-corrected chi connectivity index (χ4v) is 2.89. The van der Waals surface area contributed by atoms with E-state index >= 15 is 0 Å². The molecule has 0 unspecified atom stereocenters. The molecule has 0 bridgehead atoms. The summed E-state index contributed by atoms with van der Waals surface area (Å²) in [7, 11) is 0. The predicted octanol–water partition coefficient (Wildman–Crippen LogP) is 2.86. The lowest BCUT2D eigenvalue weighted by molar-refractivity contribution is 0.0694. The molecule has 1 aromatic heterocycles. The van der Waals surface area contributed by atoms with Crippen LogP contribution in [-0.4, -0.2) is 33.4 Å². The topological polar surface area (TPSA) is 30.3 Å². The van der Waals surface area contributed by atoms with Crippen LogP contribution in [0.5, 0.6) is 5.75 Å². The second kappa shape index (κ2) is 5.53. The van der Waals surface area contributed by atoms with Gasteiger partial charge in [0.15, 0.2) is 0 Å². The smallest absolute Gasteiger partial charge is 0.124 e. The SMILES string of the molecule is Cc1cnn(CCN2Cc3ccccc3OC(C)(C)C2)c1. The van der Waals surface area contributed by atoms with E-state index in [4.69, 9.17) is 4.74 Å². The number of hydrogen-bond acceptors (Lipinski definition) is 3. The molecule has 0 N–H and O–H groups in total. The molecule has 0 saturated heterocycles. The number of hydrogen-bond donors (Lipinski definition) is 0. The number of nitrogens with zero attached hydrogens (tertiary/aromatic N) is 3. The second-order valence-corrected chi connectivity index (χ2v) is 6.46. The Morgan fingerprint density at radius 2 is 2.05 bits per heavy atom. The summed E-state index contributed by atoms with van der Waals surface area (Å²) in [6.07, 6.45) is 4.00. The first-order chi connectivity index (χ1) is 10.0. The summed E-state index contributed by atoms with van der Waals surface area (Å²) in [5.74, 6) is 1.01. The third-order valence-corrected chi connectivity index (χ3v) is 3.76. The zero-order valence-corrected chi connectivity index (χ0v) is 13.0. The van der Waals surface area contributed by atoms with E-state index in [1.807, 2.05) is 16.9 Å². The normalized spacial score (nSPS) is 17.9. The van der Waals surface area contributed by atoms with Gasteiger partial charge in [0.05, 0.1) is 12.7 Å². The summed E-state index contributed by atoms with van der Waals surface area (Å²) in [5.41, 5.74) is 2.30. The Morgan fingerprint density at radius 1 is 1.24 bits per heavy atom. The maximum absolute atomic E-state index is 6.17. The highest BCUT2D eigenvalue weighted by molar-refractivity contribution is 5.34. The van der Waals surface area contributed by atoms with Crippen LogP contribution in [0, 0.1) is 6.92 Å². The van der Waals surface area contributed by atoms with Gasteiger partial charge >= 0.3 is 0 Å². The lowest BCUT2D eigenvalue weighted by Crippen LogP contribution is -2.41. The van der Waals surface area contributed by atoms with E-state index in [-0.39, 0.29) is 5.60 Å². The van der Waals surface area contributed by atoms with Gasteiger partial charge in [-0.15, -0.1) is 0 Å². The van der Waals surface area contributed by atoms with Gasteiger partial charge in [0.25, 0.3) is 0 Å². The summed E-state index contributed by atoms with van der Waals surface area (Å²) in [5, 5.41) is 4.36. The highest BCUT2D eigenvalue weighted by Crippen LogP contribution is 2.28. The standard InChI is InChI=1S/C17H23N3O/c1-14-10-18-20(11-14)9-8-19-12-15-6-4-5-7-16(15)21-17(2,3)13-19/h4-7,10-11H,8-9,12-13H2,1-3H3. The maximum atomic E-state index is 6.17. The molecule has 0 radical (unpaired) electrons. The Hall–Kier alpha value is -1.81. The summed E-state index contributed by atoms with van der Waals surface area (Å²) >= 11 is 0. The van der Waals surface area contributed by atoms with E-state index in [0.29, 0.717) is 0 Å². The zero-order chi connectivity index (χ0) is 14.9. The van der Waals surface area contributed by atoms with Crippen LogP contribution in [0.4, 0.5) is 0 Å². The van der Waals surface area contributed by atoms with E-state index in [9.17, 15) is 0 Å².